The molecule has 4 heteroatoms. The second kappa shape index (κ2) is 5.63. The minimum Gasteiger partial charge on any atom is -0.310 e. The Labute approximate surface area is 116 Å². The third-order valence-corrected chi connectivity index (χ3v) is 4.27. The number of nitrogens with zero attached hydrogens (tertiary/aromatic N) is 3. The lowest BCUT2D eigenvalue weighted by Gasteiger charge is -2.33. The van der Waals surface area contributed by atoms with Gasteiger partial charge in [0.05, 0.1) is 5.69 Å². The average Bonchev–Trinajstić information content (AvgIpc) is 3.13. The molecule has 1 aliphatic carbocycles. The van der Waals surface area contributed by atoms with Gasteiger partial charge in [0, 0.05) is 44.0 Å². The van der Waals surface area contributed by atoms with Gasteiger partial charge in [-0.3, -0.25) is 9.58 Å². The largest absolute Gasteiger partial charge is 0.310 e. The van der Waals surface area contributed by atoms with Crippen LogP contribution in [-0.4, -0.2) is 39.9 Å². The Morgan fingerprint density at radius 3 is 2.89 bits per heavy atom. The first-order valence-electron chi connectivity index (χ1n) is 7.74. The molecule has 1 aromatic rings. The molecule has 3 rings (SSSR count). The van der Waals surface area contributed by atoms with E-state index in [0.717, 1.165) is 19.0 Å². The van der Waals surface area contributed by atoms with Crippen molar-refractivity contribution in [2.75, 3.05) is 13.1 Å². The molecule has 2 heterocycles. The number of aromatic nitrogens is 2. The zero-order valence-electron chi connectivity index (χ0n) is 12.2. The molecule has 0 spiro atoms. The van der Waals surface area contributed by atoms with Gasteiger partial charge in [-0.1, -0.05) is 6.92 Å². The van der Waals surface area contributed by atoms with Gasteiger partial charge >= 0.3 is 0 Å². The Kier molecular flexibility index (Phi) is 3.89. The summed E-state index contributed by atoms with van der Waals surface area (Å²) in [7, 11) is 2.02. The zero-order valence-corrected chi connectivity index (χ0v) is 12.2. The van der Waals surface area contributed by atoms with Gasteiger partial charge in [0.15, 0.2) is 0 Å². The number of likely N-dealkylation sites (tertiary alicyclic amines) is 1. The zero-order chi connectivity index (χ0) is 13.2. The van der Waals surface area contributed by atoms with Crippen LogP contribution in [0.5, 0.6) is 0 Å². The summed E-state index contributed by atoms with van der Waals surface area (Å²) in [5.74, 6) is 0. The van der Waals surface area contributed by atoms with Gasteiger partial charge in [-0.05, 0) is 38.6 Å². The normalized spacial score (nSPS) is 24.8. The summed E-state index contributed by atoms with van der Waals surface area (Å²) >= 11 is 0. The Hall–Kier alpha value is -0.870. The van der Waals surface area contributed by atoms with E-state index in [1.807, 2.05) is 11.7 Å². The van der Waals surface area contributed by atoms with Crippen LogP contribution in [0.15, 0.2) is 6.20 Å². The number of nitrogens with one attached hydrogen (secondary N) is 1. The highest BCUT2D eigenvalue weighted by molar-refractivity contribution is 5.17. The smallest absolute Gasteiger partial charge is 0.0666 e. The maximum Gasteiger partial charge on any atom is 0.0666 e. The fourth-order valence-corrected chi connectivity index (χ4v) is 3.17. The Morgan fingerprint density at radius 1 is 1.32 bits per heavy atom. The Morgan fingerprint density at radius 2 is 2.16 bits per heavy atom. The van der Waals surface area contributed by atoms with Gasteiger partial charge in [0.1, 0.15) is 0 Å². The fraction of sp³-hybridized carbons (Fsp3) is 0.800. The predicted octanol–water partition coefficient (Wildman–Crippen LogP) is 1.70. The number of hydrogen-bond donors (Lipinski definition) is 1. The first-order chi connectivity index (χ1) is 9.24. The van der Waals surface area contributed by atoms with Crippen LogP contribution in [0.2, 0.25) is 0 Å². The van der Waals surface area contributed by atoms with Gasteiger partial charge in [-0.25, -0.2) is 0 Å². The lowest BCUT2D eigenvalue weighted by molar-refractivity contribution is 0.182. The van der Waals surface area contributed by atoms with Crippen molar-refractivity contribution in [2.24, 2.45) is 7.05 Å². The number of hydrogen-bond acceptors (Lipinski definition) is 3. The van der Waals surface area contributed by atoms with Crippen LogP contribution in [0.3, 0.4) is 0 Å². The number of piperidine rings is 1. The maximum atomic E-state index is 4.55. The molecule has 1 N–H and O–H groups in total. The molecule has 0 aromatic carbocycles. The molecular weight excluding hydrogens is 236 g/mol. The second-order valence-corrected chi connectivity index (χ2v) is 6.14. The van der Waals surface area contributed by atoms with Crippen molar-refractivity contribution in [3.05, 3.63) is 17.5 Å². The first-order valence-corrected chi connectivity index (χ1v) is 7.74. The SMILES string of the molecule is CCc1nn(C)cc1CN1CCCC(NC2CC2)C1. The molecule has 106 valence electrons. The highest BCUT2D eigenvalue weighted by Gasteiger charge is 2.27. The van der Waals surface area contributed by atoms with Crippen molar-refractivity contribution < 1.29 is 0 Å². The molecule has 1 aliphatic heterocycles. The molecule has 1 unspecified atom stereocenters. The topological polar surface area (TPSA) is 33.1 Å². The van der Waals surface area contributed by atoms with E-state index in [1.165, 1.54) is 50.0 Å². The summed E-state index contributed by atoms with van der Waals surface area (Å²) in [5, 5.41) is 8.33. The van der Waals surface area contributed by atoms with Crippen LogP contribution in [0.4, 0.5) is 0 Å². The van der Waals surface area contributed by atoms with Crippen molar-refractivity contribution in [3.63, 3.8) is 0 Å². The third kappa shape index (κ3) is 3.37. The van der Waals surface area contributed by atoms with Crippen LogP contribution in [0, 0.1) is 0 Å². The predicted molar refractivity (Wildman–Crippen MR) is 77.0 cm³/mol. The van der Waals surface area contributed by atoms with Crippen molar-refractivity contribution in [1.29, 1.82) is 0 Å². The highest BCUT2D eigenvalue weighted by Crippen LogP contribution is 2.22. The molecule has 0 bridgehead atoms. The van der Waals surface area contributed by atoms with Gasteiger partial charge in [0.25, 0.3) is 0 Å². The minimum absolute atomic E-state index is 0.711. The van der Waals surface area contributed by atoms with Crippen LogP contribution < -0.4 is 5.32 Å². The molecule has 0 amide bonds. The standard InChI is InChI=1S/C15H26N4/c1-3-15-12(9-18(2)17-15)10-19-8-4-5-14(11-19)16-13-6-7-13/h9,13-14,16H,3-8,10-11H2,1-2H3. The molecular formula is C15H26N4. The maximum absolute atomic E-state index is 4.55. The fourth-order valence-electron chi connectivity index (χ4n) is 3.17. The van der Waals surface area contributed by atoms with Crippen molar-refractivity contribution in [1.82, 2.24) is 20.0 Å². The molecule has 19 heavy (non-hydrogen) atoms. The monoisotopic (exact) mass is 262 g/mol. The molecule has 2 aliphatic rings. The van der Waals surface area contributed by atoms with E-state index in [1.54, 1.807) is 0 Å². The number of rotatable bonds is 5. The van der Waals surface area contributed by atoms with Gasteiger partial charge in [0.2, 0.25) is 0 Å². The number of aryl methyl sites for hydroxylation is 2. The third-order valence-electron chi connectivity index (χ3n) is 4.27. The van der Waals surface area contributed by atoms with E-state index >= 15 is 0 Å². The van der Waals surface area contributed by atoms with E-state index in [-0.39, 0.29) is 0 Å². The Bertz CT molecular complexity index is 422. The molecule has 2 fully saturated rings. The van der Waals surface area contributed by atoms with Crippen LogP contribution in [0.25, 0.3) is 0 Å². The summed E-state index contributed by atoms with van der Waals surface area (Å²) in [4.78, 5) is 2.60. The van der Waals surface area contributed by atoms with Crippen molar-refractivity contribution >= 4 is 0 Å². The van der Waals surface area contributed by atoms with E-state index in [2.05, 4.69) is 28.4 Å². The van der Waals surface area contributed by atoms with Crippen molar-refractivity contribution in [3.8, 4) is 0 Å². The second-order valence-electron chi connectivity index (χ2n) is 6.14. The summed E-state index contributed by atoms with van der Waals surface area (Å²) in [6.07, 6.45) is 8.68. The first kappa shape index (κ1) is 13.1. The quantitative estimate of drug-likeness (QED) is 0.877. The highest BCUT2D eigenvalue weighted by atomic mass is 15.3. The van der Waals surface area contributed by atoms with Gasteiger partial charge < -0.3 is 5.32 Å². The summed E-state index contributed by atoms with van der Waals surface area (Å²) in [6.45, 7) is 5.70. The van der Waals surface area contributed by atoms with E-state index in [9.17, 15) is 0 Å². The van der Waals surface area contributed by atoms with Crippen LogP contribution in [0.1, 0.15) is 43.9 Å². The molecule has 4 nitrogen and oxygen atoms in total. The minimum atomic E-state index is 0.711. The summed E-state index contributed by atoms with van der Waals surface area (Å²) in [6, 6.07) is 1.54. The molecule has 1 aromatic heterocycles. The van der Waals surface area contributed by atoms with Crippen molar-refractivity contribution in [2.45, 2.75) is 57.7 Å². The summed E-state index contributed by atoms with van der Waals surface area (Å²) < 4.78 is 1.96. The molecule has 1 saturated carbocycles. The van der Waals surface area contributed by atoms with Crippen LogP contribution >= 0.6 is 0 Å². The van der Waals surface area contributed by atoms with E-state index in [0.29, 0.717) is 6.04 Å². The van der Waals surface area contributed by atoms with Gasteiger partial charge in [-0.2, -0.15) is 5.10 Å². The summed E-state index contributed by atoms with van der Waals surface area (Å²) in [5.41, 5.74) is 2.68. The molecule has 1 atom stereocenters. The van der Waals surface area contributed by atoms with E-state index < -0.39 is 0 Å². The average molecular weight is 262 g/mol. The van der Waals surface area contributed by atoms with Crippen LogP contribution in [-0.2, 0) is 20.0 Å². The molecule has 1 saturated heterocycles. The molecule has 0 radical (unpaired) electrons. The lowest BCUT2D eigenvalue weighted by atomic mass is 10.0. The lowest BCUT2D eigenvalue weighted by Crippen LogP contribution is -2.46. The Balaban J connectivity index is 1.58. The van der Waals surface area contributed by atoms with Gasteiger partial charge in [-0.15, -0.1) is 0 Å². The van der Waals surface area contributed by atoms with E-state index in [4.69, 9.17) is 0 Å².